The van der Waals surface area contributed by atoms with Gasteiger partial charge in [0.1, 0.15) is 11.2 Å². The van der Waals surface area contributed by atoms with Gasteiger partial charge in [-0.3, -0.25) is 0 Å². The first-order valence-electron chi connectivity index (χ1n) is 17.1. The monoisotopic (exact) mass is 637 g/mol. The molecule has 10 aromatic rings. The van der Waals surface area contributed by atoms with Crippen LogP contribution < -0.4 is 0 Å². The highest BCUT2D eigenvalue weighted by atomic mass is 16.3. The average Bonchev–Trinajstić information content (AvgIpc) is 3.74. The number of nitrogens with zero attached hydrogens (tertiary/aromatic N) is 1. The molecule has 2 heterocycles. The van der Waals surface area contributed by atoms with Crippen molar-refractivity contribution in [3.05, 3.63) is 188 Å². The first-order valence-corrected chi connectivity index (χ1v) is 17.1. The number of fused-ring (bicyclic) bond motifs is 6. The molecule has 0 aliphatic carbocycles. The van der Waals surface area contributed by atoms with E-state index >= 15 is 0 Å². The number of benzene rings is 8. The fraction of sp³-hybridized carbons (Fsp3) is 0. The van der Waals surface area contributed by atoms with Crippen molar-refractivity contribution in [3.63, 3.8) is 0 Å². The molecule has 0 saturated heterocycles. The van der Waals surface area contributed by atoms with E-state index in [9.17, 15) is 0 Å². The molecule has 0 N–H and O–H groups in total. The summed E-state index contributed by atoms with van der Waals surface area (Å²) in [5, 5.41) is 4.84. The number of para-hydroxylation sites is 3. The number of hydrogen-bond donors (Lipinski definition) is 0. The van der Waals surface area contributed by atoms with Crippen molar-refractivity contribution in [3.8, 4) is 50.2 Å². The van der Waals surface area contributed by atoms with E-state index in [0.29, 0.717) is 0 Å². The lowest BCUT2D eigenvalue weighted by molar-refractivity contribution is 0.669. The van der Waals surface area contributed by atoms with Gasteiger partial charge < -0.3 is 8.98 Å². The molecular weight excluding hydrogens is 607 g/mol. The van der Waals surface area contributed by atoms with Crippen molar-refractivity contribution in [2.45, 2.75) is 0 Å². The van der Waals surface area contributed by atoms with Gasteiger partial charge in [0.05, 0.1) is 11.0 Å². The zero-order valence-corrected chi connectivity index (χ0v) is 27.3. The summed E-state index contributed by atoms with van der Waals surface area (Å²) in [6, 6.07) is 67.6. The number of aromatic nitrogens is 1. The Bertz CT molecular complexity index is 2830. The zero-order valence-electron chi connectivity index (χ0n) is 27.3. The summed E-state index contributed by atoms with van der Waals surface area (Å²) in [6.45, 7) is 0. The van der Waals surface area contributed by atoms with E-state index < -0.39 is 0 Å². The van der Waals surface area contributed by atoms with Gasteiger partial charge in [0, 0.05) is 27.2 Å². The van der Waals surface area contributed by atoms with Crippen LogP contribution in [-0.4, -0.2) is 4.57 Å². The van der Waals surface area contributed by atoms with Crippen LogP contribution in [-0.2, 0) is 0 Å². The zero-order chi connectivity index (χ0) is 33.0. The van der Waals surface area contributed by atoms with Gasteiger partial charge in [0.2, 0.25) is 0 Å². The highest BCUT2D eigenvalue weighted by Gasteiger charge is 2.13. The Hall–Kier alpha value is -6.64. The van der Waals surface area contributed by atoms with Gasteiger partial charge in [-0.15, -0.1) is 0 Å². The van der Waals surface area contributed by atoms with Crippen LogP contribution in [0.25, 0.3) is 93.9 Å². The third-order valence-corrected chi connectivity index (χ3v) is 9.98. The normalized spacial score (nSPS) is 11.6. The van der Waals surface area contributed by atoms with E-state index in [0.717, 1.165) is 27.6 Å². The first-order chi connectivity index (χ1) is 24.8. The minimum atomic E-state index is 0.916. The standard InChI is InChI=1S/C48H31NO/c1-4-22-45-41(19-1)42-20-2-5-23-46(42)49(45)40-18-10-17-38(30-40)36-15-8-13-34(28-36)32-11-7-12-33(27-32)35-14-9-16-37(29-35)39-25-26-48-44(31-39)43-21-3-6-24-47(43)50-48/h1-31H. The summed E-state index contributed by atoms with van der Waals surface area (Å²) >= 11 is 0. The molecule has 2 aromatic heterocycles. The summed E-state index contributed by atoms with van der Waals surface area (Å²) < 4.78 is 8.46. The van der Waals surface area contributed by atoms with Crippen LogP contribution in [0.5, 0.6) is 0 Å². The van der Waals surface area contributed by atoms with Crippen LogP contribution in [0.1, 0.15) is 0 Å². The maximum absolute atomic E-state index is 6.08. The van der Waals surface area contributed by atoms with Crippen molar-refractivity contribution in [1.82, 2.24) is 4.57 Å². The van der Waals surface area contributed by atoms with Gasteiger partial charge in [0.15, 0.2) is 0 Å². The van der Waals surface area contributed by atoms with E-state index in [1.165, 1.54) is 66.3 Å². The minimum Gasteiger partial charge on any atom is -0.456 e. The second kappa shape index (κ2) is 11.5. The van der Waals surface area contributed by atoms with Gasteiger partial charge in [-0.25, -0.2) is 0 Å². The smallest absolute Gasteiger partial charge is 0.135 e. The summed E-state index contributed by atoms with van der Waals surface area (Å²) in [6.07, 6.45) is 0. The van der Waals surface area contributed by atoms with Gasteiger partial charge in [0.25, 0.3) is 0 Å². The predicted molar refractivity (Wildman–Crippen MR) is 210 cm³/mol. The Morgan fingerprint density at radius 2 is 0.700 bits per heavy atom. The van der Waals surface area contributed by atoms with Gasteiger partial charge in [-0.2, -0.15) is 0 Å². The molecule has 8 aromatic carbocycles. The molecule has 2 nitrogen and oxygen atoms in total. The molecule has 0 atom stereocenters. The average molecular weight is 638 g/mol. The fourth-order valence-electron chi connectivity index (χ4n) is 7.57. The van der Waals surface area contributed by atoms with E-state index in [1.54, 1.807) is 0 Å². The van der Waals surface area contributed by atoms with Crippen LogP contribution >= 0.6 is 0 Å². The van der Waals surface area contributed by atoms with Gasteiger partial charge >= 0.3 is 0 Å². The van der Waals surface area contributed by atoms with Crippen molar-refractivity contribution in [2.24, 2.45) is 0 Å². The Kier molecular flexibility index (Phi) is 6.53. The molecule has 0 amide bonds. The lowest BCUT2D eigenvalue weighted by atomic mass is 9.94. The van der Waals surface area contributed by atoms with Crippen LogP contribution in [0.4, 0.5) is 0 Å². The molecular formula is C48H31NO. The maximum atomic E-state index is 6.08. The minimum absolute atomic E-state index is 0.916. The topological polar surface area (TPSA) is 18.1 Å². The lowest BCUT2D eigenvalue weighted by Crippen LogP contribution is -1.94. The summed E-state index contributed by atoms with van der Waals surface area (Å²) in [4.78, 5) is 0. The van der Waals surface area contributed by atoms with Crippen LogP contribution in [0, 0.1) is 0 Å². The molecule has 0 radical (unpaired) electrons. The molecule has 234 valence electrons. The number of hydrogen-bond acceptors (Lipinski definition) is 1. The number of furan rings is 1. The molecule has 0 aliphatic heterocycles. The fourth-order valence-corrected chi connectivity index (χ4v) is 7.57. The van der Waals surface area contributed by atoms with Crippen LogP contribution in [0.2, 0.25) is 0 Å². The van der Waals surface area contributed by atoms with E-state index in [4.69, 9.17) is 4.42 Å². The highest BCUT2D eigenvalue weighted by molar-refractivity contribution is 6.09. The van der Waals surface area contributed by atoms with E-state index in [-0.39, 0.29) is 0 Å². The third kappa shape index (κ3) is 4.73. The lowest BCUT2D eigenvalue weighted by Gasteiger charge is -2.12. The first kappa shape index (κ1) is 28.4. The van der Waals surface area contributed by atoms with E-state index in [1.807, 2.05) is 12.1 Å². The van der Waals surface area contributed by atoms with Crippen LogP contribution in [0.15, 0.2) is 192 Å². The maximum Gasteiger partial charge on any atom is 0.135 e. The van der Waals surface area contributed by atoms with Crippen molar-refractivity contribution >= 4 is 43.7 Å². The van der Waals surface area contributed by atoms with Crippen LogP contribution in [0.3, 0.4) is 0 Å². The second-order valence-electron chi connectivity index (χ2n) is 13.0. The molecule has 0 unspecified atom stereocenters. The number of rotatable bonds is 5. The Labute approximate surface area is 290 Å². The SMILES string of the molecule is c1cc(-c2cccc(-c3cccc(-n4c5ccccc5c5ccccc54)c3)c2)cc(-c2cccc(-c3ccc4oc5ccccc5c4c3)c2)c1. The largest absolute Gasteiger partial charge is 0.456 e. The van der Waals surface area contributed by atoms with Gasteiger partial charge in [-0.1, -0.05) is 127 Å². The third-order valence-electron chi connectivity index (χ3n) is 9.98. The van der Waals surface area contributed by atoms with E-state index in [2.05, 4.69) is 180 Å². The molecule has 10 rings (SSSR count). The van der Waals surface area contributed by atoms with Crippen molar-refractivity contribution in [2.75, 3.05) is 0 Å². The van der Waals surface area contributed by atoms with Crippen molar-refractivity contribution < 1.29 is 4.42 Å². The molecule has 0 saturated carbocycles. The summed E-state index contributed by atoms with van der Waals surface area (Å²) in [5.41, 5.74) is 15.0. The molecule has 50 heavy (non-hydrogen) atoms. The van der Waals surface area contributed by atoms with Crippen molar-refractivity contribution in [1.29, 1.82) is 0 Å². The molecule has 2 heteroatoms. The second-order valence-corrected chi connectivity index (χ2v) is 13.0. The van der Waals surface area contributed by atoms with Gasteiger partial charge in [-0.05, 0) is 105 Å². The predicted octanol–water partition coefficient (Wildman–Crippen LogP) is 13.4. The molecule has 0 bridgehead atoms. The molecule has 0 spiro atoms. The highest BCUT2D eigenvalue weighted by Crippen LogP contribution is 2.36. The summed E-state index contributed by atoms with van der Waals surface area (Å²) in [7, 11) is 0. The quantitative estimate of drug-likeness (QED) is 0.184. The Morgan fingerprint density at radius 3 is 1.26 bits per heavy atom. The molecule has 0 aliphatic rings. The molecule has 0 fully saturated rings. The Morgan fingerprint density at radius 1 is 0.280 bits per heavy atom. The Balaban J connectivity index is 0.996. The summed E-state index contributed by atoms with van der Waals surface area (Å²) in [5.74, 6) is 0.